The highest BCUT2D eigenvalue weighted by atomic mass is 15.0. The molecule has 0 N–H and O–H groups in total. The van der Waals surface area contributed by atoms with Crippen LogP contribution in [0.15, 0.2) is 140 Å². The van der Waals surface area contributed by atoms with E-state index in [4.69, 9.17) is 0 Å². The lowest BCUT2D eigenvalue weighted by molar-refractivity contribution is 1.17. The van der Waals surface area contributed by atoms with Gasteiger partial charge in [-0.15, -0.1) is 0 Å². The van der Waals surface area contributed by atoms with E-state index in [0.717, 1.165) is 28.0 Å². The highest BCUT2D eigenvalue weighted by Gasteiger charge is 2.17. The van der Waals surface area contributed by atoms with Crippen LogP contribution in [0.3, 0.4) is 0 Å². The Morgan fingerprint density at radius 2 is 1.00 bits per heavy atom. The molecule has 0 saturated carbocycles. The van der Waals surface area contributed by atoms with Crippen molar-refractivity contribution in [3.63, 3.8) is 0 Å². The summed E-state index contributed by atoms with van der Waals surface area (Å²) in [6.07, 6.45) is 0. The molecule has 3 heteroatoms. The summed E-state index contributed by atoms with van der Waals surface area (Å²) in [4.78, 5) is 0. The maximum absolute atomic E-state index is 9.37. The normalized spacial score (nSPS) is 11.5. The summed E-state index contributed by atoms with van der Waals surface area (Å²) in [5, 5.41) is 14.3. The minimum absolute atomic E-state index is 0.656. The van der Waals surface area contributed by atoms with E-state index in [-0.39, 0.29) is 0 Å². The summed E-state index contributed by atoms with van der Waals surface area (Å²) in [6.45, 7) is 0. The lowest BCUT2D eigenvalue weighted by atomic mass is 10.0. The van der Waals surface area contributed by atoms with Crippen molar-refractivity contribution in [2.24, 2.45) is 0 Å². The van der Waals surface area contributed by atoms with Crippen molar-refractivity contribution in [1.82, 2.24) is 9.13 Å². The number of nitrogens with zero attached hydrogens (tertiary/aromatic N) is 3. The third-order valence-electron chi connectivity index (χ3n) is 7.94. The smallest absolute Gasteiger partial charge is 0.0991 e. The van der Waals surface area contributed by atoms with Gasteiger partial charge in [-0.3, -0.25) is 0 Å². The van der Waals surface area contributed by atoms with E-state index in [1.54, 1.807) is 0 Å². The third kappa shape index (κ3) is 3.24. The van der Waals surface area contributed by atoms with E-state index < -0.39 is 0 Å². The Bertz CT molecular complexity index is 2220. The summed E-state index contributed by atoms with van der Waals surface area (Å²) in [7, 11) is 0. The maximum Gasteiger partial charge on any atom is 0.0991 e. The highest BCUT2D eigenvalue weighted by molar-refractivity contribution is 6.14. The van der Waals surface area contributed by atoms with Crippen LogP contribution < -0.4 is 0 Å². The molecule has 0 saturated heterocycles. The molecule has 8 aromatic rings. The van der Waals surface area contributed by atoms with Gasteiger partial charge in [-0.05, 0) is 60.2 Å². The largest absolute Gasteiger partial charge is 0.309 e. The Morgan fingerprint density at radius 3 is 1.65 bits per heavy atom. The van der Waals surface area contributed by atoms with Crippen LogP contribution in [0.2, 0.25) is 0 Å². The van der Waals surface area contributed by atoms with Crippen LogP contribution in [-0.4, -0.2) is 9.13 Å². The number of aromatic nitrogens is 2. The van der Waals surface area contributed by atoms with Gasteiger partial charge in [0.25, 0.3) is 0 Å². The molecular formula is C37H23N3. The summed E-state index contributed by atoms with van der Waals surface area (Å²) in [6, 6.07) is 51.3. The topological polar surface area (TPSA) is 33.6 Å². The molecule has 0 aliphatic rings. The molecule has 2 aromatic heterocycles. The molecule has 0 fully saturated rings. The Hall–Kier alpha value is -5.59. The van der Waals surface area contributed by atoms with Crippen molar-refractivity contribution >= 4 is 43.6 Å². The van der Waals surface area contributed by atoms with E-state index in [1.807, 2.05) is 24.3 Å². The number of fused-ring (bicyclic) bond motifs is 6. The van der Waals surface area contributed by atoms with Crippen LogP contribution in [0.5, 0.6) is 0 Å². The zero-order valence-electron chi connectivity index (χ0n) is 21.6. The van der Waals surface area contributed by atoms with Gasteiger partial charge in [-0.25, -0.2) is 0 Å². The van der Waals surface area contributed by atoms with E-state index in [2.05, 4.69) is 130 Å². The van der Waals surface area contributed by atoms with Crippen molar-refractivity contribution < 1.29 is 0 Å². The quantitative estimate of drug-likeness (QED) is 0.233. The average molecular weight is 510 g/mol. The van der Waals surface area contributed by atoms with Gasteiger partial charge in [-0.1, -0.05) is 84.9 Å². The molecule has 3 nitrogen and oxygen atoms in total. The Kier molecular flexibility index (Phi) is 4.89. The number of rotatable bonds is 3. The maximum atomic E-state index is 9.37. The van der Waals surface area contributed by atoms with Gasteiger partial charge in [0.2, 0.25) is 0 Å². The van der Waals surface area contributed by atoms with Crippen molar-refractivity contribution in [2.45, 2.75) is 0 Å². The molecular weight excluding hydrogens is 486 g/mol. The molecule has 40 heavy (non-hydrogen) atoms. The molecule has 0 aliphatic carbocycles. The van der Waals surface area contributed by atoms with Crippen LogP contribution in [0, 0.1) is 11.3 Å². The molecule has 8 rings (SSSR count). The molecule has 0 bridgehead atoms. The van der Waals surface area contributed by atoms with Gasteiger partial charge in [0, 0.05) is 38.5 Å². The van der Waals surface area contributed by atoms with E-state index in [1.165, 1.54) is 38.1 Å². The summed E-state index contributed by atoms with van der Waals surface area (Å²) in [5.41, 5.74) is 9.86. The minimum Gasteiger partial charge on any atom is -0.309 e. The van der Waals surface area contributed by atoms with Gasteiger partial charge >= 0.3 is 0 Å². The fraction of sp³-hybridized carbons (Fsp3) is 0. The summed E-state index contributed by atoms with van der Waals surface area (Å²) in [5.74, 6) is 0. The van der Waals surface area contributed by atoms with Crippen LogP contribution in [0.25, 0.3) is 66.1 Å². The van der Waals surface area contributed by atoms with Gasteiger partial charge in [-0.2, -0.15) is 5.26 Å². The van der Waals surface area contributed by atoms with Crippen molar-refractivity contribution in [2.75, 3.05) is 0 Å². The van der Waals surface area contributed by atoms with Gasteiger partial charge in [0.15, 0.2) is 0 Å². The third-order valence-corrected chi connectivity index (χ3v) is 7.94. The average Bonchev–Trinajstić information content (AvgIpc) is 3.54. The second kappa shape index (κ2) is 8.73. The van der Waals surface area contributed by atoms with Crippen molar-refractivity contribution in [3.05, 3.63) is 145 Å². The number of nitriles is 1. The number of benzene rings is 6. The second-order valence-corrected chi connectivity index (χ2v) is 10.1. The van der Waals surface area contributed by atoms with Crippen LogP contribution in [-0.2, 0) is 0 Å². The second-order valence-electron chi connectivity index (χ2n) is 10.1. The van der Waals surface area contributed by atoms with Crippen LogP contribution in [0.1, 0.15) is 5.56 Å². The van der Waals surface area contributed by atoms with Crippen molar-refractivity contribution in [3.8, 4) is 28.6 Å². The molecule has 0 unspecified atom stereocenters. The van der Waals surface area contributed by atoms with E-state index in [9.17, 15) is 5.26 Å². The van der Waals surface area contributed by atoms with E-state index >= 15 is 0 Å². The first-order valence-corrected chi connectivity index (χ1v) is 13.4. The minimum atomic E-state index is 0.656. The molecule has 2 heterocycles. The molecule has 0 atom stereocenters. The van der Waals surface area contributed by atoms with Crippen molar-refractivity contribution in [1.29, 1.82) is 5.26 Å². The zero-order chi connectivity index (χ0) is 26.6. The van der Waals surface area contributed by atoms with Crippen LogP contribution in [0.4, 0.5) is 0 Å². The predicted octanol–water partition coefficient (Wildman–Crippen LogP) is 9.42. The number of hydrogen-bond donors (Lipinski definition) is 0. The SMILES string of the molecule is N#Cc1ccc(-n2c3ccccc3c3cccc(-c4cccc(-n5c6ccccc6c6ccccc65)c4)c32)cc1. The zero-order valence-corrected chi connectivity index (χ0v) is 21.6. The lowest BCUT2D eigenvalue weighted by Gasteiger charge is -2.14. The summed E-state index contributed by atoms with van der Waals surface area (Å²) < 4.78 is 4.69. The van der Waals surface area contributed by atoms with Crippen LogP contribution >= 0.6 is 0 Å². The standard InChI is InChI=1S/C37H23N3/c38-24-25-19-21-27(22-20-25)40-36-18-6-3-13-32(36)33-15-8-14-29(37(33)40)26-9-7-10-28(23-26)39-34-16-4-1-11-30(34)31-12-2-5-17-35(31)39/h1-23H. The molecule has 6 aromatic carbocycles. The molecule has 0 radical (unpaired) electrons. The summed E-state index contributed by atoms with van der Waals surface area (Å²) >= 11 is 0. The first-order chi connectivity index (χ1) is 19.8. The van der Waals surface area contributed by atoms with E-state index in [0.29, 0.717) is 5.56 Å². The molecule has 0 aliphatic heterocycles. The highest BCUT2D eigenvalue weighted by Crippen LogP contribution is 2.39. The monoisotopic (exact) mass is 509 g/mol. The molecule has 0 amide bonds. The number of hydrogen-bond acceptors (Lipinski definition) is 1. The molecule has 0 spiro atoms. The Morgan fingerprint density at radius 1 is 0.450 bits per heavy atom. The predicted molar refractivity (Wildman–Crippen MR) is 165 cm³/mol. The lowest BCUT2D eigenvalue weighted by Crippen LogP contribution is -1.97. The Labute approximate surface area is 231 Å². The fourth-order valence-electron chi connectivity index (χ4n) is 6.22. The molecule has 186 valence electrons. The Balaban J connectivity index is 1.42. The first kappa shape index (κ1) is 22.4. The van der Waals surface area contributed by atoms with Gasteiger partial charge < -0.3 is 9.13 Å². The van der Waals surface area contributed by atoms with Gasteiger partial charge in [0.05, 0.1) is 33.7 Å². The number of para-hydroxylation sites is 4. The fourth-order valence-corrected chi connectivity index (χ4v) is 6.22. The van der Waals surface area contributed by atoms with Gasteiger partial charge in [0.1, 0.15) is 0 Å². The first-order valence-electron chi connectivity index (χ1n) is 13.4.